The minimum absolute atomic E-state index is 0.307. The van der Waals surface area contributed by atoms with Crippen LogP contribution in [0.3, 0.4) is 0 Å². The van der Waals surface area contributed by atoms with Gasteiger partial charge in [0.1, 0.15) is 0 Å². The lowest BCUT2D eigenvalue weighted by molar-refractivity contribution is 0.300. The summed E-state index contributed by atoms with van der Waals surface area (Å²) in [6.07, 6.45) is 3.53. The summed E-state index contributed by atoms with van der Waals surface area (Å²) >= 11 is 5.61. The van der Waals surface area contributed by atoms with Crippen LogP contribution in [0.1, 0.15) is 47.0 Å². The second-order valence-corrected chi connectivity index (χ2v) is 3.87. The largest absolute Gasteiger partial charge is 0.308 e. The summed E-state index contributed by atoms with van der Waals surface area (Å²) in [5.41, 5.74) is 3.15. The summed E-state index contributed by atoms with van der Waals surface area (Å²) in [6.45, 7) is 9.66. The van der Waals surface area contributed by atoms with Gasteiger partial charge < -0.3 is 5.32 Å². The standard InChI is InChI=1S/C11H22ClN/c1-5-11(6-2,7-3)13-9-10(4)8-12/h8,13H,5-7,9H2,1-4H3. The zero-order chi connectivity index (χ0) is 10.3. The van der Waals surface area contributed by atoms with Crippen LogP contribution >= 0.6 is 11.6 Å². The number of halogens is 1. The number of hydrogen-bond acceptors (Lipinski definition) is 1. The molecule has 0 fully saturated rings. The monoisotopic (exact) mass is 203 g/mol. The summed E-state index contributed by atoms with van der Waals surface area (Å²) in [7, 11) is 0. The Morgan fingerprint density at radius 1 is 1.23 bits per heavy atom. The molecule has 0 heterocycles. The number of rotatable bonds is 6. The van der Waals surface area contributed by atoms with Crippen LogP contribution in [-0.2, 0) is 0 Å². The average molecular weight is 204 g/mol. The van der Waals surface area contributed by atoms with Gasteiger partial charge in [-0.3, -0.25) is 0 Å². The van der Waals surface area contributed by atoms with Crippen molar-refractivity contribution in [2.75, 3.05) is 6.54 Å². The van der Waals surface area contributed by atoms with Crippen LogP contribution in [0.25, 0.3) is 0 Å². The lowest BCUT2D eigenvalue weighted by atomic mass is 9.89. The lowest BCUT2D eigenvalue weighted by Gasteiger charge is -2.32. The Morgan fingerprint density at radius 3 is 2.00 bits per heavy atom. The lowest BCUT2D eigenvalue weighted by Crippen LogP contribution is -2.44. The molecule has 0 unspecified atom stereocenters. The second kappa shape index (κ2) is 6.44. The normalized spacial score (nSPS) is 13.5. The van der Waals surface area contributed by atoms with Crippen molar-refractivity contribution in [3.8, 4) is 0 Å². The van der Waals surface area contributed by atoms with Crippen molar-refractivity contribution >= 4 is 11.6 Å². The van der Waals surface area contributed by atoms with Crippen molar-refractivity contribution in [2.24, 2.45) is 0 Å². The van der Waals surface area contributed by atoms with Crippen molar-refractivity contribution in [1.29, 1.82) is 0 Å². The maximum atomic E-state index is 5.61. The highest BCUT2D eigenvalue weighted by Crippen LogP contribution is 2.19. The summed E-state index contributed by atoms with van der Waals surface area (Å²) in [5, 5.41) is 3.58. The molecule has 0 spiro atoms. The summed E-state index contributed by atoms with van der Waals surface area (Å²) in [6, 6.07) is 0. The van der Waals surface area contributed by atoms with E-state index in [1.165, 1.54) is 24.8 Å². The van der Waals surface area contributed by atoms with Crippen LogP contribution in [0.2, 0.25) is 0 Å². The van der Waals surface area contributed by atoms with Crippen molar-refractivity contribution in [3.05, 3.63) is 11.1 Å². The Kier molecular flexibility index (Phi) is 6.44. The van der Waals surface area contributed by atoms with Gasteiger partial charge in [-0.1, -0.05) is 32.4 Å². The molecular weight excluding hydrogens is 182 g/mol. The molecule has 0 saturated carbocycles. The molecule has 0 bridgehead atoms. The van der Waals surface area contributed by atoms with E-state index in [0.717, 1.165) is 6.54 Å². The van der Waals surface area contributed by atoms with Gasteiger partial charge in [0.2, 0.25) is 0 Å². The van der Waals surface area contributed by atoms with E-state index in [1.807, 2.05) is 6.92 Å². The zero-order valence-corrected chi connectivity index (χ0v) is 10.0. The Balaban J connectivity index is 4.10. The van der Waals surface area contributed by atoms with Gasteiger partial charge in [0.15, 0.2) is 0 Å². The number of nitrogens with one attached hydrogen (secondary N) is 1. The van der Waals surface area contributed by atoms with Crippen LogP contribution in [0.15, 0.2) is 11.1 Å². The fourth-order valence-electron chi connectivity index (χ4n) is 1.49. The maximum absolute atomic E-state index is 5.61. The van der Waals surface area contributed by atoms with Gasteiger partial charge in [-0.2, -0.15) is 0 Å². The van der Waals surface area contributed by atoms with E-state index in [1.54, 1.807) is 5.54 Å². The van der Waals surface area contributed by atoms with Crippen LogP contribution in [0.5, 0.6) is 0 Å². The highest BCUT2D eigenvalue weighted by molar-refractivity contribution is 6.25. The third kappa shape index (κ3) is 4.15. The molecule has 78 valence electrons. The Bertz CT molecular complexity index is 151. The van der Waals surface area contributed by atoms with E-state index >= 15 is 0 Å². The summed E-state index contributed by atoms with van der Waals surface area (Å²) in [5.74, 6) is 0. The van der Waals surface area contributed by atoms with Crippen LogP contribution < -0.4 is 5.32 Å². The van der Waals surface area contributed by atoms with Gasteiger partial charge in [0.05, 0.1) is 0 Å². The Hall–Kier alpha value is -0.0100. The molecule has 2 heteroatoms. The smallest absolute Gasteiger partial charge is 0.0178 e. The minimum Gasteiger partial charge on any atom is -0.308 e. The second-order valence-electron chi connectivity index (χ2n) is 3.65. The molecule has 0 aromatic heterocycles. The third-order valence-electron chi connectivity index (χ3n) is 2.96. The molecule has 0 aliphatic rings. The molecule has 0 saturated heterocycles. The van der Waals surface area contributed by atoms with Gasteiger partial charge in [-0.15, -0.1) is 0 Å². The Morgan fingerprint density at radius 2 is 1.69 bits per heavy atom. The summed E-state index contributed by atoms with van der Waals surface area (Å²) in [4.78, 5) is 0. The van der Waals surface area contributed by atoms with Gasteiger partial charge >= 0.3 is 0 Å². The van der Waals surface area contributed by atoms with Gasteiger partial charge in [0, 0.05) is 17.6 Å². The SMILES string of the molecule is CCC(CC)(CC)NCC(C)=CCl. The predicted octanol–water partition coefficient (Wildman–Crippen LogP) is 3.69. The first-order valence-electron chi connectivity index (χ1n) is 5.15. The molecule has 1 nitrogen and oxygen atoms in total. The molecule has 13 heavy (non-hydrogen) atoms. The van der Waals surface area contributed by atoms with Crippen molar-refractivity contribution in [1.82, 2.24) is 5.32 Å². The minimum atomic E-state index is 0.307. The molecule has 0 rings (SSSR count). The topological polar surface area (TPSA) is 12.0 Å². The first kappa shape index (κ1) is 13.0. The van der Waals surface area contributed by atoms with E-state index in [2.05, 4.69) is 26.1 Å². The fraction of sp³-hybridized carbons (Fsp3) is 0.818. The molecule has 0 aromatic rings. The summed E-state index contributed by atoms with van der Waals surface area (Å²) < 4.78 is 0. The Labute approximate surface area is 87.6 Å². The maximum Gasteiger partial charge on any atom is 0.0178 e. The average Bonchev–Trinajstić information content (AvgIpc) is 2.20. The van der Waals surface area contributed by atoms with Crippen molar-refractivity contribution in [3.63, 3.8) is 0 Å². The molecule has 1 N–H and O–H groups in total. The molecule has 0 amide bonds. The van der Waals surface area contributed by atoms with Gasteiger partial charge in [-0.05, 0) is 31.8 Å². The fourth-order valence-corrected chi connectivity index (χ4v) is 1.57. The zero-order valence-electron chi connectivity index (χ0n) is 9.28. The van der Waals surface area contributed by atoms with E-state index in [4.69, 9.17) is 11.6 Å². The molecule has 0 aliphatic carbocycles. The van der Waals surface area contributed by atoms with Gasteiger partial charge in [-0.25, -0.2) is 0 Å². The van der Waals surface area contributed by atoms with E-state index in [-0.39, 0.29) is 0 Å². The van der Waals surface area contributed by atoms with E-state index < -0.39 is 0 Å². The molecule has 0 aliphatic heterocycles. The number of hydrogen-bond donors (Lipinski definition) is 1. The molecule has 0 aromatic carbocycles. The molecule has 0 radical (unpaired) electrons. The third-order valence-corrected chi connectivity index (χ3v) is 3.33. The van der Waals surface area contributed by atoms with Crippen molar-refractivity contribution in [2.45, 2.75) is 52.5 Å². The van der Waals surface area contributed by atoms with Crippen LogP contribution in [0.4, 0.5) is 0 Å². The highest BCUT2D eigenvalue weighted by Gasteiger charge is 2.22. The quantitative estimate of drug-likeness (QED) is 0.695. The van der Waals surface area contributed by atoms with E-state index in [9.17, 15) is 0 Å². The first-order chi connectivity index (χ1) is 6.14. The van der Waals surface area contributed by atoms with Gasteiger partial charge in [0.25, 0.3) is 0 Å². The van der Waals surface area contributed by atoms with Crippen LogP contribution in [-0.4, -0.2) is 12.1 Å². The van der Waals surface area contributed by atoms with Crippen LogP contribution in [0, 0.1) is 0 Å². The van der Waals surface area contributed by atoms with Crippen molar-refractivity contribution < 1.29 is 0 Å². The molecular formula is C11H22ClN. The highest BCUT2D eigenvalue weighted by atomic mass is 35.5. The molecule has 0 atom stereocenters. The first-order valence-corrected chi connectivity index (χ1v) is 5.58. The van der Waals surface area contributed by atoms with E-state index in [0.29, 0.717) is 5.54 Å². The predicted molar refractivity (Wildman–Crippen MR) is 61.2 cm³/mol.